The molecule has 0 aliphatic carbocycles. The van der Waals surface area contributed by atoms with Crippen molar-refractivity contribution in [3.05, 3.63) is 65.5 Å². The Bertz CT molecular complexity index is 1140. The molecule has 1 aromatic heterocycles. The quantitative estimate of drug-likeness (QED) is 0.514. The van der Waals surface area contributed by atoms with Gasteiger partial charge in [-0.25, -0.2) is 0 Å². The van der Waals surface area contributed by atoms with Crippen LogP contribution in [-0.2, 0) is 11.0 Å². The van der Waals surface area contributed by atoms with Gasteiger partial charge in [0.15, 0.2) is 5.16 Å². The minimum absolute atomic E-state index is 0.0293. The summed E-state index contributed by atoms with van der Waals surface area (Å²) in [7, 11) is 0. The number of thioether (sulfide) groups is 1. The van der Waals surface area contributed by atoms with Gasteiger partial charge in [-0.2, -0.15) is 13.2 Å². The molecular weight excluding hydrogens is 451 g/mol. The van der Waals surface area contributed by atoms with Crippen LogP contribution in [0.5, 0.6) is 0 Å². The minimum Gasteiger partial charge on any atom is -0.368 e. The molecule has 10 heteroatoms. The van der Waals surface area contributed by atoms with Gasteiger partial charge in [0, 0.05) is 37.6 Å². The zero-order valence-corrected chi connectivity index (χ0v) is 19.2. The first-order valence-corrected chi connectivity index (χ1v) is 11.5. The molecule has 0 unspecified atom stereocenters. The number of carbonyl (C=O) groups excluding carboxylic acids is 1. The Morgan fingerprint density at radius 2 is 1.76 bits per heavy atom. The van der Waals surface area contributed by atoms with Crippen LogP contribution in [0.2, 0.25) is 0 Å². The summed E-state index contributed by atoms with van der Waals surface area (Å²) in [6.45, 7) is 5.97. The molecule has 0 spiro atoms. The monoisotopic (exact) mass is 475 g/mol. The molecule has 1 aliphatic rings. The predicted octanol–water partition coefficient (Wildman–Crippen LogP) is 4.34. The molecule has 1 amide bonds. The van der Waals surface area contributed by atoms with Crippen LogP contribution in [0, 0.1) is 13.8 Å². The van der Waals surface area contributed by atoms with E-state index in [1.165, 1.54) is 23.4 Å². The second-order valence-electron chi connectivity index (χ2n) is 7.96. The number of rotatable bonds is 5. The third-order valence-corrected chi connectivity index (χ3v) is 6.71. The lowest BCUT2D eigenvalue weighted by Crippen LogP contribution is -2.49. The van der Waals surface area contributed by atoms with Gasteiger partial charge in [-0.1, -0.05) is 23.9 Å². The number of benzene rings is 2. The fourth-order valence-corrected chi connectivity index (χ4v) is 4.52. The van der Waals surface area contributed by atoms with Crippen molar-refractivity contribution in [1.29, 1.82) is 0 Å². The summed E-state index contributed by atoms with van der Waals surface area (Å²) in [6, 6.07) is 11.4. The standard InChI is InChI=1S/C23H24F3N5OS/c1-16-6-7-20(12-17(16)2)31-15-27-28-22(31)33-14-21(32)30-10-8-29(9-11-30)19-5-3-4-18(13-19)23(24,25)26/h3-7,12-13,15H,8-11,14H2,1-2H3. The van der Waals surface area contributed by atoms with Crippen molar-refractivity contribution in [1.82, 2.24) is 19.7 Å². The van der Waals surface area contributed by atoms with E-state index in [-0.39, 0.29) is 11.7 Å². The molecule has 3 aromatic rings. The summed E-state index contributed by atoms with van der Waals surface area (Å²) in [5.41, 5.74) is 3.15. The number of nitrogens with zero attached hydrogens (tertiary/aromatic N) is 5. The van der Waals surface area contributed by atoms with Gasteiger partial charge in [-0.3, -0.25) is 9.36 Å². The van der Waals surface area contributed by atoms with Gasteiger partial charge in [0.05, 0.1) is 11.3 Å². The van der Waals surface area contributed by atoms with E-state index < -0.39 is 11.7 Å². The largest absolute Gasteiger partial charge is 0.416 e. The van der Waals surface area contributed by atoms with Crippen molar-refractivity contribution in [3.8, 4) is 5.69 Å². The molecule has 1 saturated heterocycles. The summed E-state index contributed by atoms with van der Waals surface area (Å²) in [5.74, 6) is 0.186. The van der Waals surface area contributed by atoms with Crippen LogP contribution in [0.1, 0.15) is 16.7 Å². The lowest BCUT2D eigenvalue weighted by molar-refractivity contribution is -0.137. The third kappa shape index (κ3) is 5.32. The SMILES string of the molecule is Cc1ccc(-n2cnnc2SCC(=O)N2CCN(c3cccc(C(F)(F)F)c3)CC2)cc1C. The molecule has 2 heterocycles. The predicted molar refractivity (Wildman–Crippen MR) is 122 cm³/mol. The molecule has 174 valence electrons. The van der Waals surface area contributed by atoms with E-state index in [0.29, 0.717) is 37.0 Å². The van der Waals surface area contributed by atoms with E-state index in [2.05, 4.69) is 16.3 Å². The number of piperazine rings is 1. The molecule has 0 bridgehead atoms. The molecular formula is C23H24F3N5OS. The summed E-state index contributed by atoms with van der Waals surface area (Å²) in [5, 5.41) is 8.77. The van der Waals surface area contributed by atoms with E-state index in [1.807, 2.05) is 35.4 Å². The van der Waals surface area contributed by atoms with Gasteiger partial charge < -0.3 is 9.80 Å². The zero-order valence-electron chi connectivity index (χ0n) is 18.3. The molecule has 4 rings (SSSR count). The van der Waals surface area contributed by atoms with E-state index in [9.17, 15) is 18.0 Å². The second kappa shape index (κ2) is 9.46. The first-order valence-electron chi connectivity index (χ1n) is 10.5. The lowest BCUT2D eigenvalue weighted by atomic mass is 10.1. The first kappa shape index (κ1) is 23.2. The minimum atomic E-state index is -4.37. The van der Waals surface area contributed by atoms with Gasteiger partial charge in [-0.05, 0) is 55.3 Å². The van der Waals surface area contributed by atoms with Crippen molar-refractivity contribution >= 4 is 23.4 Å². The maximum absolute atomic E-state index is 13.0. The van der Waals surface area contributed by atoms with Crippen molar-refractivity contribution in [3.63, 3.8) is 0 Å². The summed E-state index contributed by atoms with van der Waals surface area (Å²) in [6.07, 6.45) is -2.74. The van der Waals surface area contributed by atoms with E-state index in [1.54, 1.807) is 17.3 Å². The number of alkyl halides is 3. The van der Waals surface area contributed by atoms with Crippen LogP contribution in [-0.4, -0.2) is 57.5 Å². The van der Waals surface area contributed by atoms with Crippen molar-refractivity contribution in [2.24, 2.45) is 0 Å². The molecule has 1 fully saturated rings. The average molecular weight is 476 g/mol. The number of aromatic nitrogens is 3. The Morgan fingerprint density at radius 1 is 1.00 bits per heavy atom. The second-order valence-corrected chi connectivity index (χ2v) is 8.90. The summed E-state index contributed by atoms with van der Waals surface area (Å²) in [4.78, 5) is 16.4. The first-order chi connectivity index (χ1) is 15.7. The Balaban J connectivity index is 1.34. The van der Waals surface area contributed by atoms with Crippen molar-refractivity contribution in [2.45, 2.75) is 25.2 Å². The number of hydrogen-bond acceptors (Lipinski definition) is 5. The molecule has 0 atom stereocenters. The van der Waals surface area contributed by atoms with E-state index in [0.717, 1.165) is 23.4 Å². The number of carbonyl (C=O) groups is 1. The van der Waals surface area contributed by atoms with Crippen LogP contribution >= 0.6 is 11.8 Å². The molecule has 0 saturated carbocycles. The van der Waals surface area contributed by atoms with Gasteiger partial charge >= 0.3 is 6.18 Å². The van der Waals surface area contributed by atoms with Crippen LogP contribution in [0.25, 0.3) is 5.69 Å². The molecule has 0 N–H and O–H groups in total. The maximum Gasteiger partial charge on any atom is 0.416 e. The number of hydrogen-bond donors (Lipinski definition) is 0. The van der Waals surface area contributed by atoms with Gasteiger partial charge in [0.1, 0.15) is 6.33 Å². The topological polar surface area (TPSA) is 54.3 Å². The number of aryl methyl sites for hydroxylation is 2. The molecule has 33 heavy (non-hydrogen) atoms. The fourth-order valence-electron chi connectivity index (χ4n) is 3.69. The van der Waals surface area contributed by atoms with Gasteiger partial charge in [0.2, 0.25) is 5.91 Å². The zero-order chi connectivity index (χ0) is 23.6. The maximum atomic E-state index is 13.0. The highest BCUT2D eigenvalue weighted by atomic mass is 32.2. The molecule has 1 aliphatic heterocycles. The lowest BCUT2D eigenvalue weighted by Gasteiger charge is -2.36. The highest BCUT2D eigenvalue weighted by molar-refractivity contribution is 7.99. The van der Waals surface area contributed by atoms with Crippen LogP contribution in [0.15, 0.2) is 53.9 Å². The molecule has 2 aromatic carbocycles. The fraction of sp³-hybridized carbons (Fsp3) is 0.348. The highest BCUT2D eigenvalue weighted by Gasteiger charge is 2.31. The highest BCUT2D eigenvalue weighted by Crippen LogP contribution is 2.32. The summed E-state index contributed by atoms with van der Waals surface area (Å²) < 4.78 is 40.8. The van der Waals surface area contributed by atoms with E-state index in [4.69, 9.17) is 0 Å². The van der Waals surface area contributed by atoms with E-state index >= 15 is 0 Å². The summed E-state index contributed by atoms with van der Waals surface area (Å²) >= 11 is 1.32. The number of halogens is 3. The molecule has 6 nitrogen and oxygen atoms in total. The smallest absolute Gasteiger partial charge is 0.368 e. The Morgan fingerprint density at radius 3 is 2.45 bits per heavy atom. The van der Waals surface area contributed by atoms with Crippen LogP contribution in [0.3, 0.4) is 0 Å². The number of amides is 1. The number of anilines is 1. The molecule has 0 radical (unpaired) electrons. The average Bonchev–Trinajstić information content (AvgIpc) is 3.27. The van der Waals surface area contributed by atoms with Crippen molar-refractivity contribution in [2.75, 3.05) is 36.8 Å². The van der Waals surface area contributed by atoms with Gasteiger partial charge in [-0.15, -0.1) is 10.2 Å². The van der Waals surface area contributed by atoms with Crippen LogP contribution < -0.4 is 4.90 Å². The normalized spacial score (nSPS) is 14.6. The Hall–Kier alpha value is -3.01. The third-order valence-electron chi connectivity index (χ3n) is 5.78. The van der Waals surface area contributed by atoms with Gasteiger partial charge in [0.25, 0.3) is 0 Å². The Labute approximate surface area is 194 Å². The Kier molecular flexibility index (Phi) is 6.64. The van der Waals surface area contributed by atoms with Crippen LogP contribution in [0.4, 0.5) is 18.9 Å². The van der Waals surface area contributed by atoms with Crippen molar-refractivity contribution < 1.29 is 18.0 Å².